The van der Waals surface area contributed by atoms with Crippen LogP contribution in [0.5, 0.6) is 0 Å². The minimum atomic E-state index is 0.959. The molecule has 0 unspecified atom stereocenters. The van der Waals surface area contributed by atoms with E-state index in [1.54, 1.807) is 0 Å². The molecule has 0 spiro atoms. The lowest BCUT2D eigenvalue weighted by molar-refractivity contribution is 1.10. The number of hydrogen-bond donors (Lipinski definition) is 1. The molecule has 0 fully saturated rings. The molecule has 0 radical (unpaired) electrons. The molecule has 0 saturated heterocycles. The minimum absolute atomic E-state index is 0.959. The monoisotopic (exact) mass is 175 g/mol. The summed E-state index contributed by atoms with van der Waals surface area (Å²) in [5.41, 5.74) is 4.39. The van der Waals surface area contributed by atoms with Crippen molar-refractivity contribution < 1.29 is 0 Å². The molecule has 2 aromatic rings. The van der Waals surface area contributed by atoms with E-state index in [0.29, 0.717) is 0 Å². The zero-order valence-electron chi connectivity index (χ0n) is 8.18. The first-order valence-corrected chi connectivity index (χ1v) is 4.53. The van der Waals surface area contributed by atoms with Crippen LogP contribution in [-0.4, -0.2) is 15.0 Å². The highest BCUT2D eigenvalue weighted by molar-refractivity contribution is 5.80. The van der Waals surface area contributed by atoms with Gasteiger partial charge in [0.1, 0.15) is 5.82 Å². The third-order valence-corrected chi connectivity index (χ3v) is 2.28. The van der Waals surface area contributed by atoms with Gasteiger partial charge in [0.2, 0.25) is 0 Å². The molecule has 2 aromatic heterocycles. The summed E-state index contributed by atoms with van der Waals surface area (Å²) in [6.45, 7) is 6.09. The van der Waals surface area contributed by atoms with Crippen molar-refractivity contribution in [3.05, 3.63) is 23.3 Å². The van der Waals surface area contributed by atoms with E-state index in [1.165, 1.54) is 5.56 Å². The molecular formula is C10H13N3. The fourth-order valence-corrected chi connectivity index (χ4v) is 1.54. The van der Waals surface area contributed by atoms with Crippen LogP contribution in [0.4, 0.5) is 0 Å². The van der Waals surface area contributed by atoms with Gasteiger partial charge in [-0.1, -0.05) is 6.92 Å². The molecule has 0 bridgehead atoms. The molecule has 2 rings (SSSR count). The summed E-state index contributed by atoms with van der Waals surface area (Å²) >= 11 is 0. The van der Waals surface area contributed by atoms with Crippen LogP contribution in [0.25, 0.3) is 11.0 Å². The van der Waals surface area contributed by atoms with Crippen LogP contribution < -0.4 is 0 Å². The van der Waals surface area contributed by atoms with Gasteiger partial charge in [-0.05, 0) is 25.8 Å². The molecule has 0 atom stereocenters. The number of aromatic amines is 1. The Hall–Kier alpha value is -1.38. The van der Waals surface area contributed by atoms with Crippen molar-refractivity contribution >= 4 is 11.0 Å². The van der Waals surface area contributed by atoms with Crippen LogP contribution in [0, 0.1) is 13.8 Å². The Morgan fingerprint density at radius 3 is 2.85 bits per heavy atom. The van der Waals surface area contributed by atoms with Crippen molar-refractivity contribution in [2.75, 3.05) is 0 Å². The molecule has 0 amide bonds. The molecule has 3 nitrogen and oxygen atoms in total. The first-order chi connectivity index (χ1) is 6.22. The van der Waals surface area contributed by atoms with Crippen molar-refractivity contribution in [3.8, 4) is 0 Å². The summed E-state index contributed by atoms with van der Waals surface area (Å²) in [5, 5.41) is 0. The minimum Gasteiger partial charge on any atom is -0.341 e. The summed E-state index contributed by atoms with van der Waals surface area (Å²) in [4.78, 5) is 12.0. The standard InChI is InChI=1S/C10H13N3/c1-4-8-5-11-6(2)9-10(8)13-7(3)12-9/h5H,4H2,1-3H3,(H,12,13). The van der Waals surface area contributed by atoms with Crippen molar-refractivity contribution in [2.45, 2.75) is 27.2 Å². The zero-order valence-corrected chi connectivity index (χ0v) is 8.18. The fraction of sp³-hybridized carbons (Fsp3) is 0.400. The van der Waals surface area contributed by atoms with Crippen LogP contribution in [0.15, 0.2) is 6.20 Å². The molecule has 13 heavy (non-hydrogen) atoms. The normalized spacial score (nSPS) is 11.0. The lowest BCUT2D eigenvalue weighted by Gasteiger charge is -1.98. The Morgan fingerprint density at radius 1 is 1.38 bits per heavy atom. The Labute approximate surface area is 77.2 Å². The van der Waals surface area contributed by atoms with E-state index >= 15 is 0 Å². The second-order valence-electron chi connectivity index (χ2n) is 3.27. The Morgan fingerprint density at radius 2 is 2.15 bits per heavy atom. The highest BCUT2D eigenvalue weighted by Gasteiger charge is 2.06. The van der Waals surface area contributed by atoms with E-state index in [9.17, 15) is 0 Å². The summed E-state index contributed by atoms with van der Waals surface area (Å²) in [7, 11) is 0. The number of pyridine rings is 1. The first-order valence-electron chi connectivity index (χ1n) is 4.53. The van der Waals surface area contributed by atoms with E-state index in [2.05, 4.69) is 21.9 Å². The van der Waals surface area contributed by atoms with Crippen LogP contribution in [0.1, 0.15) is 24.0 Å². The van der Waals surface area contributed by atoms with Gasteiger partial charge in [-0.2, -0.15) is 0 Å². The second kappa shape index (κ2) is 2.83. The second-order valence-corrected chi connectivity index (χ2v) is 3.27. The van der Waals surface area contributed by atoms with Crippen molar-refractivity contribution in [1.82, 2.24) is 15.0 Å². The summed E-state index contributed by atoms with van der Waals surface area (Å²) in [6, 6.07) is 0. The molecule has 0 aliphatic carbocycles. The Bertz CT molecular complexity index is 443. The molecule has 0 aliphatic rings. The lowest BCUT2D eigenvalue weighted by Crippen LogP contribution is -1.89. The third kappa shape index (κ3) is 1.20. The van der Waals surface area contributed by atoms with Crippen LogP contribution in [-0.2, 0) is 6.42 Å². The van der Waals surface area contributed by atoms with E-state index in [4.69, 9.17) is 0 Å². The maximum absolute atomic E-state index is 4.45. The van der Waals surface area contributed by atoms with Gasteiger partial charge in [0.05, 0.1) is 16.7 Å². The Kier molecular flexibility index (Phi) is 1.79. The predicted molar refractivity (Wildman–Crippen MR) is 52.7 cm³/mol. The van der Waals surface area contributed by atoms with Gasteiger partial charge < -0.3 is 4.98 Å². The maximum Gasteiger partial charge on any atom is 0.104 e. The molecule has 0 saturated carbocycles. The molecular weight excluding hydrogens is 162 g/mol. The van der Waals surface area contributed by atoms with Crippen LogP contribution >= 0.6 is 0 Å². The van der Waals surface area contributed by atoms with E-state index < -0.39 is 0 Å². The third-order valence-electron chi connectivity index (χ3n) is 2.28. The number of aromatic nitrogens is 3. The average molecular weight is 175 g/mol. The van der Waals surface area contributed by atoms with E-state index in [1.807, 2.05) is 20.0 Å². The summed E-state index contributed by atoms with van der Waals surface area (Å²) < 4.78 is 0. The number of nitrogens with one attached hydrogen (secondary N) is 1. The topological polar surface area (TPSA) is 41.6 Å². The largest absolute Gasteiger partial charge is 0.341 e. The van der Waals surface area contributed by atoms with Gasteiger partial charge in [-0.25, -0.2) is 4.98 Å². The van der Waals surface area contributed by atoms with Gasteiger partial charge in [-0.15, -0.1) is 0 Å². The SMILES string of the molecule is CCc1cnc(C)c2[nH]c(C)nc12. The van der Waals surface area contributed by atoms with E-state index in [-0.39, 0.29) is 0 Å². The summed E-state index contributed by atoms with van der Waals surface area (Å²) in [6.07, 6.45) is 2.89. The number of aryl methyl sites for hydroxylation is 3. The average Bonchev–Trinajstić information content (AvgIpc) is 2.48. The number of imidazole rings is 1. The number of hydrogen-bond acceptors (Lipinski definition) is 2. The van der Waals surface area contributed by atoms with Gasteiger partial charge >= 0.3 is 0 Å². The van der Waals surface area contributed by atoms with Gasteiger partial charge in [0, 0.05) is 6.20 Å². The zero-order chi connectivity index (χ0) is 9.42. The predicted octanol–water partition coefficient (Wildman–Crippen LogP) is 2.14. The number of H-pyrrole nitrogens is 1. The highest BCUT2D eigenvalue weighted by Crippen LogP contribution is 2.18. The first kappa shape index (κ1) is 8.23. The number of nitrogens with zero attached hydrogens (tertiary/aromatic N) is 2. The fourth-order valence-electron chi connectivity index (χ4n) is 1.54. The molecule has 68 valence electrons. The highest BCUT2D eigenvalue weighted by atomic mass is 14.9. The van der Waals surface area contributed by atoms with Crippen molar-refractivity contribution in [2.24, 2.45) is 0 Å². The van der Waals surface area contributed by atoms with Crippen molar-refractivity contribution in [1.29, 1.82) is 0 Å². The quantitative estimate of drug-likeness (QED) is 0.721. The van der Waals surface area contributed by atoms with Crippen LogP contribution in [0.2, 0.25) is 0 Å². The number of rotatable bonds is 1. The van der Waals surface area contributed by atoms with Gasteiger partial charge in [-0.3, -0.25) is 4.98 Å². The smallest absolute Gasteiger partial charge is 0.104 e. The molecule has 2 heterocycles. The molecule has 3 heteroatoms. The van der Waals surface area contributed by atoms with Gasteiger partial charge in [0.15, 0.2) is 0 Å². The molecule has 1 N–H and O–H groups in total. The van der Waals surface area contributed by atoms with Crippen molar-refractivity contribution in [3.63, 3.8) is 0 Å². The van der Waals surface area contributed by atoms with E-state index in [0.717, 1.165) is 29.0 Å². The maximum atomic E-state index is 4.45. The van der Waals surface area contributed by atoms with Crippen LogP contribution in [0.3, 0.4) is 0 Å². The molecule has 0 aromatic carbocycles. The van der Waals surface area contributed by atoms with Gasteiger partial charge in [0.25, 0.3) is 0 Å². The molecule has 0 aliphatic heterocycles. The summed E-state index contributed by atoms with van der Waals surface area (Å²) in [5.74, 6) is 0.959. The number of fused-ring (bicyclic) bond motifs is 1. The Balaban J connectivity index is 2.83. The lowest BCUT2D eigenvalue weighted by atomic mass is 10.2.